The summed E-state index contributed by atoms with van der Waals surface area (Å²) >= 11 is 0. The van der Waals surface area contributed by atoms with Crippen LogP contribution in [0.3, 0.4) is 0 Å². The molecule has 0 unspecified atom stereocenters. The number of ether oxygens (including phenoxy) is 1. The molecule has 0 saturated carbocycles. The fourth-order valence-electron chi connectivity index (χ4n) is 3.27. The molecule has 21 heavy (non-hydrogen) atoms. The number of hydrogen-bond donors (Lipinski definition) is 1. The van der Waals surface area contributed by atoms with Gasteiger partial charge in [0.05, 0.1) is 12.5 Å². The van der Waals surface area contributed by atoms with E-state index >= 15 is 0 Å². The molecule has 5 heteroatoms. The molecule has 1 aromatic rings. The van der Waals surface area contributed by atoms with Gasteiger partial charge in [0.2, 0.25) is 11.8 Å². The molecule has 2 aliphatic rings. The fraction of sp³-hybridized carbons (Fsp3) is 0.625. The third kappa shape index (κ3) is 3.53. The van der Waals surface area contributed by atoms with Gasteiger partial charge >= 0.3 is 0 Å². The lowest BCUT2D eigenvalue weighted by atomic mass is 9.99. The summed E-state index contributed by atoms with van der Waals surface area (Å²) in [6.45, 7) is 5.23. The predicted octanol–water partition coefficient (Wildman–Crippen LogP) is 1.58. The minimum atomic E-state index is 0.146. The van der Waals surface area contributed by atoms with Crippen LogP contribution in [0.2, 0.25) is 0 Å². The Labute approximate surface area is 125 Å². The van der Waals surface area contributed by atoms with Crippen molar-refractivity contribution in [2.45, 2.75) is 38.8 Å². The molecule has 5 nitrogen and oxygen atoms in total. The molecule has 1 aromatic heterocycles. The zero-order valence-corrected chi connectivity index (χ0v) is 12.5. The number of fused-ring (bicyclic) bond motifs is 3. The minimum Gasteiger partial charge on any atom is -0.478 e. The van der Waals surface area contributed by atoms with E-state index in [2.05, 4.69) is 21.3 Å². The Morgan fingerprint density at radius 1 is 1.38 bits per heavy atom. The average molecular weight is 289 g/mol. The molecule has 0 radical (unpaired) electrons. The number of rotatable bonds is 4. The molecule has 1 N–H and O–H groups in total. The lowest BCUT2D eigenvalue weighted by Crippen LogP contribution is -2.38. The lowest BCUT2D eigenvalue weighted by Gasteiger charge is -2.27. The average Bonchev–Trinajstić information content (AvgIpc) is 2.70. The van der Waals surface area contributed by atoms with E-state index in [4.69, 9.17) is 4.74 Å². The summed E-state index contributed by atoms with van der Waals surface area (Å²) in [5.74, 6) is 1.06. The minimum absolute atomic E-state index is 0.146. The van der Waals surface area contributed by atoms with Gasteiger partial charge in [0.25, 0.3) is 0 Å². The maximum absolute atomic E-state index is 12.0. The van der Waals surface area contributed by atoms with Gasteiger partial charge in [0.1, 0.15) is 0 Å². The Morgan fingerprint density at radius 2 is 2.29 bits per heavy atom. The van der Waals surface area contributed by atoms with Crippen LogP contribution in [0.25, 0.3) is 0 Å². The molecule has 2 atom stereocenters. The zero-order chi connectivity index (χ0) is 14.7. The van der Waals surface area contributed by atoms with Crippen molar-refractivity contribution in [2.75, 3.05) is 19.7 Å². The van der Waals surface area contributed by atoms with E-state index in [0.717, 1.165) is 38.9 Å². The Morgan fingerprint density at radius 3 is 3.05 bits per heavy atom. The van der Waals surface area contributed by atoms with Gasteiger partial charge in [-0.3, -0.25) is 9.69 Å². The van der Waals surface area contributed by atoms with Crippen LogP contribution in [0.4, 0.5) is 0 Å². The van der Waals surface area contributed by atoms with Gasteiger partial charge in [-0.25, -0.2) is 4.98 Å². The molecule has 2 fully saturated rings. The summed E-state index contributed by atoms with van der Waals surface area (Å²) in [6, 6.07) is 4.29. The van der Waals surface area contributed by atoms with Crippen molar-refractivity contribution < 1.29 is 9.53 Å². The van der Waals surface area contributed by atoms with Crippen molar-refractivity contribution in [1.82, 2.24) is 15.2 Å². The van der Waals surface area contributed by atoms with Crippen LogP contribution < -0.4 is 10.1 Å². The van der Waals surface area contributed by atoms with Crippen molar-refractivity contribution in [3.8, 4) is 5.88 Å². The van der Waals surface area contributed by atoms with E-state index in [-0.39, 0.29) is 11.8 Å². The molecule has 2 saturated heterocycles. The van der Waals surface area contributed by atoms with E-state index < -0.39 is 0 Å². The summed E-state index contributed by atoms with van der Waals surface area (Å²) in [6.07, 6.45) is 5.15. The van der Waals surface area contributed by atoms with Crippen molar-refractivity contribution in [2.24, 2.45) is 5.92 Å². The van der Waals surface area contributed by atoms with Gasteiger partial charge in [-0.15, -0.1) is 0 Å². The monoisotopic (exact) mass is 289 g/mol. The second-order valence-corrected chi connectivity index (χ2v) is 5.97. The van der Waals surface area contributed by atoms with Crippen LogP contribution in [-0.2, 0) is 11.3 Å². The number of nitrogens with zero attached hydrogens (tertiary/aromatic N) is 2. The molecule has 0 aliphatic carbocycles. The first kappa shape index (κ1) is 14.3. The smallest absolute Gasteiger partial charge is 0.224 e. The Bertz CT molecular complexity index is 489. The number of amides is 1. The highest BCUT2D eigenvalue weighted by molar-refractivity contribution is 5.79. The maximum Gasteiger partial charge on any atom is 0.224 e. The van der Waals surface area contributed by atoms with E-state index in [0.29, 0.717) is 18.5 Å². The van der Waals surface area contributed by atoms with Crippen LogP contribution in [-0.4, -0.2) is 41.5 Å². The van der Waals surface area contributed by atoms with Gasteiger partial charge < -0.3 is 10.1 Å². The van der Waals surface area contributed by atoms with Crippen molar-refractivity contribution >= 4 is 5.91 Å². The molecular weight excluding hydrogens is 266 g/mol. The molecule has 3 heterocycles. The van der Waals surface area contributed by atoms with Crippen LogP contribution >= 0.6 is 0 Å². The molecule has 2 bridgehead atoms. The van der Waals surface area contributed by atoms with Crippen LogP contribution in [0.15, 0.2) is 18.3 Å². The Hall–Kier alpha value is -1.62. The summed E-state index contributed by atoms with van der Waals surface area (Å²) in [5.41, 5.74) is 1.17. The van der Waals surface area contributed by atoms with Crippen molar-refractivity contribution in [1.29, 1.82) is 0 Å². The quantitative estimate of drug-likeness (QED) is 0.914. The summed E-state index contributed by atoms with van der Waals surface area (Å²) in [7, 11) is 0. The first-order chi connectivity index (χ1) is 10.2. The number of nitrogens with one attached hydrogen (secondary N) is 1. The molecular formula is C16H23N3O2. The maximum atomic E-state index is 12.0. The highest BCUT2D eigenvalue weighted by Crippen LogP contribution is 2.23. The summed E-state index contributed by atoms with van der Waals surface area (Å²) < 4.78 is 5.37. The van der Waals surface area contributed by atoms with Gasteiger partial charge in [-0.1, -0.05) is 12.5 Å². The predicted molar refractivity (Wildman–Crippen MR) is 80.0 cm³/mol. The number of carbonyl (C=O) groups is 1. The molecule has 3 rings (SSSR count). The Kier molecular flexibility index (Phi) is 4.39. The Balaban J connectivity index is 1.65. The molecule has 2 aliphatic heterocycles. The largest absolute Gasteiger partial charge is 0.478 e. The third-order valence-corrected chi connectivity index (χ3v) is 4.28. The second-order valence-electron chi connectivity index (χ2n) is 5.97. The number of hydrogen-bond acceptors (Lipinski definition) is 4. The zero-order valence-electron chi connectivity index (χ0n) is 12.5. The molecule has 0 aromatic carbocycles. The number of pyridine rings is 1. The van der Waals surface area contributed by atoms with Crippen LogP contribution in [0.5, 0.6) is 5.88 Å². The number of carbonyl (C=O) groups excluding carboxylic acids is 1. The lowest BCUT2D eigenvalue weighted by molar-refractivity contribution is -0.124. The van der Waals surface area contributed by atoms with E-state index in [1.807, 2.05) is 19.2 Å². The SMILES string of the molecule is CCOc1ccc(CN2C[C@H]3CCC[C@@H](C2)C(=O)N3)cn1. The van der Waals surface area contributed by atoms with Gasteiger partial charge in [0.15, 0.2) is 0 Å². The highest BCUT2D eigenvalue weighted by atomic mass is 16.5. The number of aromatic nitrogens is 1. The van der Waals surface area contributed by atoms with E-state index in [1.54, 1.807) is 0 Å². The van der Waals surface area contributed by atoms with Crippen LogP contribution in [0, 0.1) is 5.92 Å². The van der Waals surface area contributed by atoms with E-state index in [9.17, 15) is 4.79 Å². The molecule has 1 amide bonds. The van der Waals surface area contributed by atoms with Crippen molar-refractivity contribution in [3.63, 3.8) is 0 Å². The second kappa shape index (κ2) is 6.43. The first-order valence-corrected chi connectivity index (χ1v) is 7.85. The normalized spacial score (nSPS) is 26.0. The van der Waals surface area contributed by atoms with E-state index in [1.165, 1.54) is 5.56 Å². The number of likely N-dealkylation sites (tertiary alicyclic amines) is 1. The van der Waals surface area contributed by atoms with Crippen LogP contribution in [0.1, 0.15) is 31.7 Å². The van der Waals surface area contributed by atoms with Gasteiger partial charge in [-0.2, -0.15) is 0 Å². The van der Waals surface area contributed by atoms with Gasteiger partial charge in [-0.05, 0) is 25.3 Å². The molecule has 0 spiro atoms. The summed E-state index contributed by atoms with van der Waals surface area (Å²) in [4.78, 5) is 18.7. The highest BCUT2D eigenvalue weighted by Gasteiger charge is 2.32. The van der Waals surface area contributed by atoms with Gasteiger partial charge in [0, 0.05) is 37.9 Å². The van der Waals surface area contributed by atoms with Crippen molar-refractivity contribution in [3.05, 3.63) is 23.9 Å². The fourth-order valence-corrected chi connectivity index (χ4v) is 3.27. The topological polar surface area (TPSA) is 54.5 Å². The first-order valence-electron chi connectivity index (χ1n) is 7.85. The summed E-state index contributed by atoms with van der Waals surface area (Å²) in [5, 5.41) is 3.17. The standard InChI is InChI=1S/C16H23N3O2/c1-2-21-15-7-6-12(8-17-15)9-19-10-13-4-3-5-14(11-19)18-16(13)20/h6-8,13-14H,2-5,9-11H2,1H3,(H,18,20)/t13-,14+/m0/s1. The third-order valence-electron chi connectivity index (χ3n) is 4.28. The molecule has 114 valence electrons.